The third-order valence-electron chi connectivity index (χ3n) is 2.08. The first-order valence-corrected chi connectivity index (χ1v) is 5.28. The predicted molar refractivity (Wildman–Crippen MR) is 53.6 cm³/mol. The number of halogens is 7. The van der Waals surface area contributed by atoms with E-state index in [-0.39, 0.29) is 0 Å². The van der Waals surface area contributed by atoms with Crippen LogP contribution in [-0.2, 0) is 0 Å². The largest absolute Gasteiger partial charge is 0.396 e. The van der Waals surface area contributed by atoms with Gasteiger partial charge in [0.05, 0.1) is 12.3 Å². The van der Waals surface area contributed by atoms with Crippen molar-refractivity contribution in [3.05, 3.63) is 34.3 Å². The molecule has 0 aliphatic rings. The highest BCUT2D eigenvalue weighted by atomic mass is 79.9. The average molecular weight is 321 g/mol. The van der Waals surface area contributed by atoms with Crippen molar-refractivity contribution in [2.75, 3.05) is 0 Å². The minimum Gasteiger partial charge on any atom is -0.171 e. The maximum Gasteiger partial charge on any atom is 0.396 e. The highest BCUT2D eigenvalue weighted by molar-refractivity contribution is 9.10. The molecule has 96 valence electrons. The Bertz CT molecular complexity index is 381. The highest BCUT2D eigenvalue weighted by Crippen LogP contribution is 2.42. The Hall–Kier alpha value is -0.720. The van der Waals surface area contributed by atoms with Crippen LogP contribution in [0.1, 0.15) is 17.9 Å². The maximum atomic E-state index is 12.6. The molecule has 0 amide bonds. The van der Waals surface area contributed by atoms with Gasteiger partial charge in [0.1, 0.15) is 0 Å². The summed E-state index contributed by atoms with van der Waals surface area (Å²) in [6.07, 6.45) is -11.7. The van der Waals surface area contributed by atoms with E-state index in [9.17, 15) is 26.3 Å². The van der Waals surface area contributed by atoms with Crippen molar-refractivity contribution in [2.45, 2.75) is 24.7 Å². The fourth-order valence-electron chi connectivity index (χ4n) is 1.38. The molecule has 0 heterocycles. The molecule has 0 N–H and O–H groups in total. The molecule has 0 fully saturated rings. The summed E-state index contributed by atoms with van der Waals surface area (Å²) in [7, 11) is 0. The van der Waals surface area contributed by atoms with E-state index in [4.69, 9.17) is 0 Å². The van der Waals surface area contributed by atoms with E-state index in [0.717, 1.165) is 12.1 Å². The average Bonchev–Trinajstić information content (AvgIpc) is 2.11. The van der Waals surface area contributed by atoms with Gasteiger partial charge in [-0.1, -0.05) is 28.1 Å². The standard InChI is InChI=1S/C10H7BrF6/c11-7-3-1-2-6(4-7)8(10(15,16)17)5-9(12,13)14/h1-4,8H,5H2. The van der Waals surface area contributed by atoms with Crippen molar-refractivity contribution in [1.29, 1.82) is 0 Å². The number of benzene rings is 1. The molecule has 0 spiro atoms. The normalized spacial score (nSPS) is 14.8. The van der Waals surface area contributed by atoms with Gasteiger partial charge in [-0.25, -0.2) is 0 Å². The molecule has 0 saturated carbocycles. The molecule has 0 nitrogen and oxygen atoms in total. The summed E-state index contributed by atoms with van der Waals surface area (Å²) in [6, 6.07) is 4.80. The number of hydrogen-bond donors (Lipinski definition) is 0. The van der Waals surface area contributed by atoms with E-state index in [1.54, 1.807) is 0 Å². The Kier molecular flexibility index (Phi) is 4.11. The summed E-state index contributed by atoms with van der Waals surface area (Å²) in [5.74, 6) is -2.53. The molecule has 0 saturated heterocycles. The summed E-state index contributed by atoms with van der Waals surface area (Å²) < 4.78 is 74.3. The lowest BCUT2D eigenvalue weighted by atomic mass is 9.95. The van der Waals surface area contributed by atoms with Crippen LogP contribution in [0.2, 0.25) is 0 Å². The molecule has 0 aliphatic heterocycles. The van der Waals surface area contributed by atoms with Crippen molar-refractivity contribution < 1.29 is 26.3 Å². The molecule has 1 aromatic carbocycles. The fourth-order valence-corrected chi connectivity index (χ4v) is 1.79. The second kappa shape index (κ2) is 4.88. The minimum absolute atomic E-state index is 0.312. The molecule has 0 aliphatic carbocycles. The predicted octanol–water partition coefficient (Wildman–Crippen LogP) is 5.05. The summed E-state index contributed by atoms with van der Waals surface area (Å²) in [4.78, 5) is 0. The van der Waals surface area contributed by atoms with Crippen LogP contribution < -0.4 is 0 Å². The Morgan fingerprint density at radius 2 is 1.65 bits per heavy atom. The lowest BCUT2D eigenvalue weighted by Crippen LogP contribution is -2.26. The SMILES string of the molecule is FC(F)(F)CC(c1cccc(Br)c1)C(F)(F)F. The second-order valence-corrected chi connectivity index (χ2v) is 4.38. The fraction of sp³-hybridized carbons (Fsp3) is 0.400. The van der Waals surface area contributed by atoms with Gasteiger partial charge in [0.25, 0.3) is 0 Å². The Morgan fingerprint density at radius 1 is 1.06 bits per heavy atom. The lowest BCUT2D eigenvalue weighted by Gasteiger charge is -2.22. The molecule has 1 aromatic rings. The van der Waals surface area contributed by atoms with Gasteiger partial charge in [0, 0.05) is 4.47 Å². The van der Waals surface area contributed by atoms with Crippen molar-refractivity contribution in [2.24, 2.45) is 0 Å². The molecule has 1 atom stereocenters. The second-order valence-electron chi connectivity index (χ2n) is 3.47. The van der Waals surface area contributed by atoms with E-state index in [1.807, 2.05) is 0 Å². The van der Waals surface area contributed by atoms with Gasteiger partial charge in [-0.05, 0) is 17.7 Å². The third-order valence-corrected chi connectivity index (χ3v) is 2.57. The van der Waals surface area contributed by atoms with Gasteiger partial charge in [0.2, 0.25) is 0 Å². The topological polar surface area (TPSA) is 0 Å². The van der Waals surface area contributed by atoms with E-state index in [0.29, 0.717) is 4.47 Å². The van der Waals surface area contributed by atoms with E-state index in [1.165, 1.54) is 12.1 Å². The summed E-state index contributed by atoms with van der Waals surface area (Å²) in [5, 5.41) is 0. The zero-order valence-corrected chi connectivity index (χ0v) is 9.83. The minimum atomic E-state index is -4.92. The van der Waals surface area contributed by atoms with Crippen molar-refractivity contribution in [1.82, 2.24) is 0 Å². The van der Waals surface area contributed by atoms with Crippen LogP contribution in [0.3, 0.4) is 0 Å². The third kappa shape index (κ3) is 4.57. The molecule has 1 rings (SSSR count). The van der Waals surface area contributed by atoms with E-state index >= 15 is 0 Å². The van der Waals surface area contributed by atoms with Crippen LogP contribution in [0.25, 0.3) is 0 Å². The van der Waals surface area contributed by atoms with Gasteiger partial charge < -0.3 is 0 Å². The first-order chi connectivity index (χ1) is 7.59. The van der Waals surface area contributed by atoms with Crippen molar-refractivity contribution in [3.8, 4) is 0 Å². The lowest BCUT2D eigenvalue weighted by molar-refractivity contribution is -0.197. The molecule has 0 bridgehead atoms. The Morgan fingerprint density at radius 3 is 2.06 bits per heavy atom. The summed E-state index contributed by atoms with van der Waals surface area (Å²) in [6.45, 7) is 0. The molecule has 7 heteroatoms. The number of hydrogen-bond acceptors (Lipinski definition) is 0. The molecular weight excluding hydrogens is 314 g/mol. The van der Waals surface area contributed by atoms with Gasteiger partial charge in [0.15, 0.2) is 0 Å². The first kappa shape index (κ1) is 14.3. The highest BCUT2D eigenvalue weighted by Gasteiger charge is 2.47. The number of rotatable bonds is 2. The van der Waals surface area contributed by atoms with Gasteiger partial charge in [-0.15, -0.1) is 0 Å². The van der Waals surface area contributed by atoms with Crippen LogP contribution in [0, 0.1) is 0 Å². The van der Waals surface area contributed by atoms with Crippen molar-refractivity contribution >= 4 is 15.9 Å². The van der Waals surface area contributed by atoms with Crippen LogP contribution in [0.5, 0.6) is 0 Å². The van der Waals surface area contributed by atoms with E-state index < -0.39 is 30.3 Å². The van der Waals surface area contributed by atoms with Crippen molar-refractivity contribution in [3.63, 3.8) is 0 Å². The molecule has 0 aromatic heterocycles. The van der Waals surface area contributed by atoms with Crippen LogP contribution in [-0.4, -0.2) is 12.4 Å². The monoisotopic (exact) mass is 320 g/mol. The van der Waals surface area contributed by atoms with Gasteiger partial charge >= 0.3 is 12.4 Å². The quantitative estimate of drug-likeness (QED) is 0.669. The molecule has 0 radical (unpaired) electrons. The van der Waals surface area contributed by atoms with Gasteiger partial charge in [-0.2, -0.15) is 26.3 Å². The maximum absolute atomic E-state index is 12.6. The van der Waals surface area contributed by atoms with Gasteiger partial charge in [-0.3, -0.25) is 0 Å². The smallest absolute Gasteiger partial charge is 0.171 e. The Balaban J connectivity index is 3.07. The van der Waals surface area contributed by atoms with Crippen LogP contribution in [0.4, 0.5) is 26.3 Å². The molecule has 1 unspecified atom stereocenters. The Labute approximate surface area is 102 Å². The van der Waals surface area contributed by atoms with E-state index in [2.05, 4.69) is 15.9 Å². The van der Waals surface area contributed by atoms with Crippen LogP contribution >= 0.6 is 15.9 Å². The molecular formula is C10H7BrF6. The zero-order chi connectivity index (χ0) is 13.3. The first-order valence-electron chi connectivity index (χ1n) is 4.48. The summed E-state index contributed by atoms with van der Waals surface area (Å²) in [5.41, 5.74) is -0.399. The van der Waals surface area contributed by atoms with Crippen LogP contribution in [0.15, 0.2) is 28.7 Å². The zero-order valence-electron chi connectivity index (χ0n) is 8.24. The number of alkyl halides is 6. The summed E-state index contributed by atoms with van der Waals surface area (Å²) >= 11 is 2.93. The molecule has 17 heavy (non-hydrogen) atoms.